The average molecular weight is 1030 g/mol. The summed E-state index contributed by atoms with van der Waals surface area (Å²) < 4.78 is 54.1. The van der Waals surface area contributed by atoms with Crippen molar-refractivity contribution >= 4 is 58.3 Å². The number of halogens is 4. The number of ether oxygens (including phenoxy) is 10. The first-order chi connectivity index (χ1) is 32.5. The third kappa shape index (κ3) is 12.0. The lowest BCUT2D eigenvalue weighted by molar-refractivity contribution is -0.293. The number of hydrogen-bond acceptors (Lipinski definition) is 18. The van der Waals surface area contributed by atoms with Crippen molar-refractivity contribution in [1.82, 2.24) is 0 Å². The maximum absolute atomic E-state index is 13.2. The summed E-state index contributed by atoms with van der Waals surface area (Å²) in [6.45, 7) is 2.30. The van der Waals surface area contributed by atoms with Gasteiger partial charge in [0.1, 0.15) is 71.0 Å². The fourth-order valence-corrected chi connectivity index (χ4v) is 8.46. The number of esters is 2. The van der Waals surface area contributed by atoms with Crippen molar-refractivity contribution in [2.75, 3.05) is 41.7 Å². The summed E-state index contributed by atoms with van der Waals surface area (Å²) in [5.41, 5.74) is 2.10. The Bertz CT molecular complexity index is 2160. The molecule has 4 aromatic rings. The highest BCUT2D eigenvalue weighted by Gasteiger charge is 2.49. The largest absolute Gasteiger partial charge is 0.494 e. The second-order valence-corrected chi connectivity index (χ2v) is 16.7. The van der Waals surface area contributed by atoms with E-state index in [2.05, 4.69) is 0 Å². The van der Waals surface area contributed by atoms with Crippen LogP contribution < -0.4 is 18.9 Å². The Kier molecular flexibility index (Phi) is 20.2. The molecule has 6 rings (SSSR count). The third-order valence-corrected chi connectivity index (χ3v) is 12.5. The molecule has 0 aliphatic carbocycles. The predicted molar refractivity (Wildman–Crippen MR) is 245 cm³/mol. The van der Waals surface area contributed by atoms with Crippen LogP contribution in [0.2, 0.25) is 20.1 Å². The Hall–Kier alpha value is -4.22. The molecule has 4 aromatic carbocycles. The highest BCUT2D eigenvalue weighted by Crippen LogP contribution is 2.47. The van der Waals surface area contributed by atoms with E-state index in [-0.39, 0.29) is 78.6 Å². The highest BCUT2D eigenvalue weighted by molar-refractivity contribution is 6.40. The van der Waals surface area contributed by atoms with E-state index in [0.29, 0.717) is 0 Å². The van der Waals surface area contributed by atoms with Crippen molar-refractivity contribution in [1.29, 1.82) is 0 Å². The van der Waals surface area contributed by atoms with Crippen molar-refractivity contribution in [2.45, 2.75) is 88.5 Å². The molecule has 2 heterocycles. The summed E-state index contributed by atoms with van der Waals surface area (Å²) in [6, 6.07) is 18.7. The van der Waals surface area contributed by atoms with Gasteiger partial charge in [-0.15, -0.1) is 0 Å². The molecule has 0 aromatic heterocycles. The van der Waals surface area contributed by atoms with Gasteiger partial charge in [-0.25, -0.2) is 9.59 Å². The minimum atomic E-state index is -1.59. The molecule has 0 unspecified atom stereocenters. The van der Waals surface area contributed by atoms with Crippen LogP contribution in [0.4, 0.5) is 0 Å². The lowest BCUT2D eigenvalue weighted by Crippen LogP contribution is -2.60. The number of benzene rings is 4. The van der Waals surface area contributed by atoms with Crippen molar-refractivity contribution in [3.8, 4) is 23.0 Å². The van der Waals surface area contributed by atoms with Crippen LogP contribution in [0.5, 0.6) is 23.0 Å². The van der Waals surface area contributed by atoms with Crippen molar-refractivity contribution in [2.24, 2.45) is 0 Å². The summed E-state index contributed by atoms with van der Waals surface area (Å²) in [5.74, 6) is -1.72. The topological polar surface area (TPSA) is 248 Å². The van der Waals surface area contributed by atoms with E-state index in [0.717, 1.165) is 11.1 Å². The van der Waals surface area contributed by atoms with Crippen molar-refractivity contribution < 1.29 is 87.6 Å². The maximum Gasteiger partial charge on any atom is 0.342 e. The van der Waals surface area contributed by atoms with E-state index < -0.39 is 86.6 Å². The molecular formula is C46H52Cl4O18. The van der Waals surface area contributed by atoms with Crippen molar-refractivity contribution in [3.05, 3.63) is 114 Å². The zero-order chi connectivity index (χ0) is 50.0. The molecule has 68 heavy (non-hydrogen) atoms. The van der Waals surface area contributed by atoms with E-state index in [9.17, 15) is 40.2 Å². The number of aliphatic hydroxyl groups is 6. The Morgan fingerprint density at radius 2 is 0.926 bits per heavy atom. The zero-order valence-corrected chi connectivity index (χ0v) is 40.5. The maximum atomic E-state index is 13.2. The molecule has 372 valence electrons. The Balaban J connectivity index is 0.000000254. The van der Waals surface area contributed by atoms with E-state index in [1.807, 2.05) is 60.7 Å². The summed E-state index contributed by atoms with van der Waals surface area (Å²) >= 11 is 25.9. The lowest BCUT2D eigenvalue weighted by atomic mass is 9.98. The Morgan fingerprint density at radius 1 is 0.529 bits per heavy atom. The van der Waals surface area contributed by atoms with Gasteiger partial charge >= 0.3 is 11.9 Å². The number of rotatable bonds is 16. The summed E-state index contributed by atoms with van der Waals surface area (Å²) in [6.07, 6.45) is -13.8. The highest BCUT2D eigenvalue weighted by atomic mass is 35.5. The van der Waals surface area contributed by atoms with Gasteiger partial charge in [0.15, 0.2) is 47.8 Å². The van der Waals surface area contributed by atoms with Gasteiger partial charge in [0.2, 0.25) is 0 Å². The predicted octanol–water partition coefficient (Wildman–Crippen LogP) is 5.00. The fourth-order valence-electron chi connectivity index (χ4n) is 7.24. The number of carbonyl (C=O) groups excluding carboxylic acids is 2. The Morgan fingerprint density at radius 3 is 1.32 bits per heavy atom. The molecule has 0 radical (unpaired) electrons. The minimum Gasteiger partial charge on any atom is -0.494 e. The quantitative estimate of drug-likeness (QED) is 0.0809. The zero-order valence-electron chi connectivity index (χ0n) is 37.5. The standard InChI is InChI=1S/2C23H26Cl2O9/c1-11-14(22(29)34-19-13(9-26)33-23(31-3)18(28)17(19)27)20(30-2)16(25)21(15(11)24)32-10-12-7-5-4-6-8-12;1-11-14(22(29)34-21-18(28)17(27)13(9-26)33-23(21)31-3)19(30-2)16(25)20(15(11)24)32-10-12-7-5-4-6-8-12/h4-8,13,17-19,23,26-28H,9-10H2,1-3H3;4-8,13,17-18,21,23,26-28H,9-10H2,1-3H3/t13-,17-,18-,19+,23-;13-,17+,18+,21-,23-/m11/s1. The van der Waals surface area contributed by atoms with Gasteiger partial charge in [-0.1, -0.05) is 107 Å². The van der Waals surface area contributed by atoms with Gasteiger partial charge in [0.05, 0.1) is 37.5 Å². The van der Waals surface area contributed by atoms with E-state index in [4.69, 9.17) is 93.8 Å². The SMILES string of the molecule is COc1c(Cl)c(OCc2ccccc2)c(Cl)c(C)c1C(=O)O[C@@H]1[C@H](O)[C@@H](O)[C@H](OC)O[C@@H]1CO.COc1c(Cl)c(OCc2ccccc2)c(Cl)c(C)c1C(=O)O[C@H]1[C@H](OC)O[C@H](CO)[C@H](O)[C@@H]1O. The second kappa shape index (κ2) is 25.1. The lowest BCUT2D eigenvalue weighted by Gasteiger charge is -2.40. The molecule has 0 amide bonds. The molecular weight excluding hydrogens is 982 g/mol. The van der Waals surface area contributed by atoms with Gasteiger partial charge < -0.3 is 78.0 Å². The smallest absolute Gasteiger partial charge is 0.342 e. The van der Waals surface area contributed by atoms with Crippen molar-refractivity contribution in [3.63, 3.8) is 0 Å². The molecule has 0 saturated carbocycles. The van der Waals surface area contributed by atoms with Crippen LogP contribution in [0.1, 0.15) is 43.0 Å². The summed E-state index contributed by atoms with van der Waals surface area (Å²) in [7, 11) is 5.16. The molecule has 2 aliphatic heterocycles. The van der Waals surface area contributed by atoms with Gasteiger partial charge in [-0.05, 0) is 36.1 Å². The third-order valence-electron chi connectivity index (χ3n) is 10.9. The van der Waals surface area contributed by atoms with E-state index in [1.165, 1.54) is 28.4 Å². The van der Waals surface area contributed by atoms with Crippen LogP contribution in [-0.2, 0) is 41.6 Å². The van der Waals surface area contributed by atoms with Gasteiger partial charge in [-0.3, -0.25) is 0 Å². The van der Waals surface area contributed by atoms with E-state index in [1.54, 1.807) is 13.8 Å². The number of methoxy groups -OCH3 is 4. The minimum absolute atomic E-state index is 0.0365. The molecule has 0 bridgehead atoms. The molecule has 2 aliphatic rings. The number of hydrogen-bond donors (Lipinski definition) is 6. The molecule has 22 heteroatoms. The second-order valence-electron chi connectivity index (χ2n) is 15.2. The molecule has 18 nitrogen and oxygen atoms in total. The number of carbonyl (C=O) groups is 2. The molecule has 10 atom stereocenters. The molecule has 2 saturated heterocycles. The molecule has 2 fully saturated rings. The van der Waals surface area contributed by atoms with Gasteiger partial charge in [0, 0.05) is 14.2 Å². The number of aliphatic hydroxyl groups excluding tert-OH is 6. The first-order valence-corrected chi connectivity index (χ1v) is 22.2. The Labute approximate surface area is 411 Å². The van der Waals surface area contributed by atoms with Crippen LogP contribution in [0.3, 0.4) is 0 Å². The van der Waals surface area contributed by atoms with Crippen LogP contribution in [0, 0.1) is 13.8 Å². The monoisotopic (exact) mass is 1030 g/mol. The summed E-state index contributed by atoms with van der Waals surface area (Å²) in [5, 5.41) is 60.3. The molecule has 6 N–H and O–H groups in total. The average Bonchev–Trinajstić information content (AvgIpc) is 3.34. The van der Waals surface area contributed by atoms with Crippen LogP contribution in [-0.4, -0.2) is 146 Å². The fraction of sp³-hybridized carbons (Fsp3) is 0.435. The van der Waals surface area contributed by atoms with Crippen LogP contribution >= 0.6 is 46.4 Å². The first-order valence-electron chi connectivity index (χ1n) is 20.7. The van der Waals surface area contributed by atoms with Gasteiger partial charge in [0.25, 0.3) is 0 Å². The first kappa shape index (κ1) is 54.7. The summed E-state index contributed by atoms with van der Waals surface area (Å²) in [4.78, 5) is 26.3. The van der Waals surface area contributed by atoms with Crippen LogP contribution in [0.15, 0.2) is 60.7 Å². The normalized spacial score (nSPS) is 24.5. The van der Waals surface area contributed by atoms with E-state index >= 15 is 0 Å². The molecule has 0 spiro atoms. The van der Waals surface area contributed by atoms with Gasteiger partial charge in [-0.2, -0.15) is 0 Å². The van der Waals surface area contributed by atoms with Crippen LogP contribution in [0.25, 0.3) is 0 Å².